The average molecular weight is 540 g/mol. The maximum absolute atomic E-state index is 5.10. The van der Waals surface area contributed by atoms with Crippen LogP contribution in [0, 0.1) is 0 Å². The Morgan fingerprint density at radius 2 is 1.32 bits per heavy atom. The van der Waals surface area contributed by atoms with Crippen molar-refractivity contribution in [2.24, 2.45) is 0 Å². The number of para-hydroxylation sites is 1. The van der Waals surface area contributed by atoms with E-state index >= 15 is 0 Å². The third-order valence-electron chi connectivity index (χ3n) is 8.66. The molecule has 10 rings (SSSR count). The lowest BCUT2D eigenvalue weighted by Gasteiger charge is -2.09. The van der Waals surface area contributed by atoms with Crippen LogP contribution in [0.25, 0.3) is 86.4 Å². The largest absolute Gasteiger partial charge is 0.309 e. The van der Waals surface area contributed by atoms with Gasteiger partial charge in [-0.2, -0.15) is 0 Å². The monoisotopic (exact) mass is 539 g/mol. The van der Waals surface area contributed by atoms with Gasteiger partial charge in [-0.15, -0.1) is 11.3 Å². The minimum absolute atomic E-state index is 0.984. The first-order valence-electron chi connectivity index (χ1n) is 13.9. The van der Waals surface area contributed by atoms with Crippen molar-refractivity contribution in [3.63, 3.8) is 0 Å². The fourth-order valence-corrected chi connectivity index (χ4v) is 8.21. The highest BCUT2D eigenvalue weighted by Gasteiger charge is 2.21. The molecule has 0 N–H and O–H groups in total. The standard InChI is InChI=1S/C37H21N3S/c1-2-9-22(10-3-1)35-36-28-21-23(17-18-24(28)29-14-8-16-33(38-35)40(29)36)39-30-13-6-4-12-27(30)34-31(39)20-19-26-25-11-5-7-15-32(25)41-37(26)34/h1-21H. The van der Waals surface area contributed by atoms with Crippen molar-refractivity contribution >= 4 is 80.8 Å². The maximum Gasteiger partial charge on any atom is 0.138 e. The fourth-order valence-electron chi connectivity index (χ4n) is 6.95. The third kappa shape index (κ3) is 2.75. The highest BCUT2D eigenvalue weighted by Crippen LogP contribution is 2.44. The van der Waals surface area contributed by atoms with E-state index in [4.69, 9.17) is 4.98 Å². The number of fused-ring (bicyclic) bond motifs is 10. The third-order valence-corrected chi connectivity index (χ3v) is 9.87. The molecule has 5 heterocycles. The SMILES string of the molecule is c1ccc(-c2nc3cccc4c5ccc(-n6c7ccccc7c7c8sc9ccccc9c8ccc76)cc5c2n34)cc1. The van der Waals surface area contributed by atoms with E-state index in [1.54, 1.807) is 0 Å². The van der Waals surface area contributed by atoms with Gasteiger partial charge in [0.15, 0.2) is 0 Å². The lowest BCUT2D eigenvalue weighted by Crippen LogP contribution is -1.93. The Kier molecular flexibility index (Phi) is 4.07. The Hall–Kier alpha value is -5.19. The molecule has 190 valence electrons. The van der Waals surface area contributed by atoms with Crippen LogP contribution in [-0.4, -0.2) is 14.0 Å². The molecule has 0 bridgehead atoms. The summed E-state index contributed by atoms with van der Waals surface area (Å²) in [5.74, 6) is 0. The van der Waals surface area contributed by atoms with Gasteiger partial charge in [-0.05, 0) is 42.5 Å². The number of aromatic nitrogens is 3. The zero-order valence-corrected chi connectivity index (χ0v) is 22.7. The normalized spacial score (nSPS) is 12.4. The number of nitrogens with zero attached hydrogens (tertiary/aromatic N) is 3. The molecular weight excluding hydrogens is 518 g/mol. The van der Waals surface area contributed by atoms with Gasteiger partial charge >= 0.3 is 0 Å². The van der Waals surface area contributed by atoms with Crippen LogP contribution < -0.4 is 0 Å². The first-order chi connectivity index (χ1) is 20.3. The molecule has 0 aliphatic rings. The number of thiophene rings is 1. The van der Waals surface area contributed by atoms with E-state index in [2.05, 4.69) is 136 Å². The van der Waals surface area contributed by atoms with Crippen molar-refractivity contribution in [1.82, 2.24) is 14.0 Å². The molecule has 0 fully saturated rings. The van der Waals surface area contributed by atoms with Crippen LogP contribution in [0.15, 0.2) is 127 Å². The van der Waals surface area contributed by atoms with Gasteiger partial charge in [0.1, 0.15) is 5.65 Å². The first kappa shape index (κ1) is 21.6. The second-order valence-electron chi connectivity index (χ2n) is 10.8. The van der Waals surface area contributed by atoms with Crippen LogP contribution >= 0.6 is 11.3 Å². The Morgan fingerprint density at radius 1 is 0.537 bits per heavy atom. The lowest BCUT2D eigenvalue weighted by atomic mass is 10.1. The molecule has 5 aromatic heterocycles. The van der Waals surface area contributed by atoms with E-state index in [1.807, 2.05) is 11.3 Å². The van der Waals surface area contributed by atoms with Gasteiger partial charge in [-0.3, -0.25) is 4.40 Å². The van der Waals surface area contributed by atoms with Crippen molar-refractivity contribution in [2.75, 3.05) is 0 Å². The molecule has 0 unspecified atom stereocenters. The van der Waals surface area contributed by atoms with Crippen molar-refractivity contribution in [2.45, 2.75) is 0 Å². The molecule has 5 aromatic carbocycles. The molecule has 0 saturated heterocycles. The summed E-state index contributed by atoms with van der Waals surface area (Å²) in [5.41, 5.74) is 9.15. The molecule has 0 saturated carbocycles. The van der Waals surface area contributed by atoms with Crippen molar-refractivity contribution < 1.29 is 0 Å². The van der Waals surface area contributed by atoms with Gasteiger partial charge in [-0.25, -0.2) is 4.98 Å². The second kappa shape index (κ2) is 7.72. The minimum Gasteiger partial charge on any atom is -0.309 e. The molecule has 4 heteroatoms. The second-order valence-corrected chi connectivity index (χ2v) is 11.8. The zero-order valence-electron chi connectivity index (χ0n) is 21.9. The van der Waals surface area contributed by atoms with Crippen LogP contribution in [0.4, 0.5) is 0 Å². The van der Waals surface area contributed by atoms with Gasteiger partial charge in [0, 0.05) is 53.0 Å². The van der Waals surface area contributed by atoms with Gasteiger partial charge in [0.05, 0.1) is 27.8 Å². The zero-order chi connectivity index (χ0) is 26.7. The van der Waals surface area contributed by atoms with E-state index in [-0.39, 0.29) is 0 Å². The molecule has 0 amide bonds. The van der Waals surface area contributed by atoms with E-state index in [1.165, 1.54) is 63.8 Å². The van der Waals surface area contributed by atoms with Gasteiger partial charge < -0.3 is 4.57 Å². The summed E-state index contributed by atoms with van der Waals surface area (Å²) in [6.07, 6.45) is 0. The van der Waals surface area contributed by atoms with Crippen LogP contribution in [0.2, 0.25) is 0 Å². The first-order valence-corrected chi connectivity index (χ1v) is 14.7. The number of hydrogen-bond acceptors (Lipinski definition) is 2. The predicted molar refractivity (Wildman–Crippen MR) is 174 cm³/mol. The summed E-state index contributed by atoms with van der Waals surface area (Å²) >= 11 is 1.90. The van der Waals surface area contributed by atoms with E-state index in [0.717, 1.165) is 22.6 Å². The Labute approximate surface area is 238 Å². The highest BCUT2D eigenvalue weighted by atomic mass is 32.1. The highest BCUT2D eigenvalue weighted by molar-refractivity contribution is 7.26. The summed E-state index contributed by atoms with van der Waals surface area (Å²) in [7, 11) is 0. The molecular formula is C37H21N3S. The summed E-state index contributed by atoms with van der Waals surface area (Å²) in [4.78, 5) is 5.10. The smallest absolute Gasteiger partial charge is 0.138 e. The maximum atomic E-state index is 5.10. The fraction of sp³-hybridized carbons (Fsp3) is 0. The van der Waals surface area contributed by atoms with E-state index in [9.17, 15) is 0 Å². The molecule has 3 nitrogen and oxygen atoms in total. The van der Waals surface area contributed by atoms with Crippen molar-refractivity contribution in [3.8, 4) is 16.9 Å². The molecule has 0 atom stereocenters. The van der Waals surface area contributed by atoms with Crippen molar-refractivity contribution in [3.05, 3.63) is 127 Å². The van der Waals surface area contributed by atoms with Gasteiger partial charge in [-0.1, -0.05) is 84.9 Å². The summed E-state index contributed by atoms with van der Waals surface area (Å²) in [6.45, 7) is 0. The van der Waals surface area contributed by atoms with Crippen LogP contribution in [-0.2, 0) is 0 Å². The number of imidazole rings is 1. The Morgan fingerprint density at radius 3 is 2.24 bits per heavy atom. The van der Waals surface area contributed by atoms with Gasteiger partial charge in [0.25, 0.3) is 0 Å². The quantitative estimate of drug-likeness (QED) is 0.214. The summed E-state index contributed by atoms with van der Waals surface area (Å²) < 4.78 is 7.46. The van der Waals surface area contributed by atoms with Crippen LogP contribution in [0.1, 0.15) is 0 Å². The molecule has 0 radical (unpaired) electrons. The summed E-state index contributed by atoms with van der Waals surface area (Å²) in [6, 6.07) is 46.1. The average Bonchev–Trinajstić information content (AvgIpc) is 3.77. The van der Waals surface area contributed by atoms with Crippen LogP contribution in [0.3, 0.4) is 0 Å². The number of rotatable bonds is 2. The summed E-state index contributed by atoms with van der Waals surface area (Å²) in [5, 5.41) is 7.77. The number of hydrogen-bond donors (Lipinski definition) is 0. The molecule has 0 aliphatic carbocycles. The Bertz CT molecular complexity index is 2640. The predicted octanol–water partition coefficient (Wildman–Crippen LogP) is 10.2. The molecule has 0 spiro atoms. The number of pyridine rings is 1. The minimum atomic E-state index is 0.984. The van der Waals surface area contributed by atoms with Crippen LogP contribution in [0.5, 0.6) is 0 Å². The lowest BCUT2D eigenvalue weighted by molar-refractivity contribution is 1.19. The Balaban J connectivity index is 1.34. The van der Waals surface area contributed by atoms with E-state index < -0.39 is 0 Å². The topological polar surface area (TPSA) is 22.2 Å². The molecule has 10 aromatic rings. The molecule has 0 aliphatic heterocycles. The van der Waals surface area contributed by atoms with Gasteiger partial charge in [0.2, 0.25) is 0 Å². The van der Waals surface area contributed by atoms with E-state index in [0.29, 0.717) is 0 Å². The number of benzene rings is 5. The van der Waals surface area contributed by atoms with Crippen molar-refractivity contribution in [1.29, 1.82) is 0 Å². The molecule has 41 heavy (non-hydrogen) atoms.